The molecule has 0 saturated carbocycles. The van der Waals surface area contributed by atoms with Crippen LogP contribution in [0, 0.1) is 5.92 Å². The Hall–Kier alpha value is 0.532. The van der Waals surface area contributed by atoms with E-state index in [1.165, 1.54) is 10.6 Å². The van der Waals surface area contributed by atoms with Crippen LogP contribution in [-0.2, 0) is 0 Å². The van der Waals surface area contributed by atoms with Crippen LogP contribution in [0.5, 0.6) is 0 Å². The maximum absolute atomic E-state index is 2.29. The monoisotopic (exact) mass is 113 g/mol. The first-order chi connectivity index (χ1) is 3.27. The molecule has 0 radical (unpaired) electrons. The zero-order valence-corrected chi connectivity index (χ0v) is 6.72. The van der Waals surface area contributed by atoms with Gasteiger partial charge in [0.1, 0.15) is 0 Å². The molecule has 0 N–H and O–H groups in total. The molecule has 0 aromatic rings. The Labute approximate surface area is 53.0 Å². The molecule has 0 aliphatic heterocycles. The first-order valence-corrected chi connectivity index (χ1v) is 4.72. The fourth-order valence-electron chi connectivity index (χ4n) is 0.500. The quantitative estimate of drug-likeness (QED) is 0.492. The van der Waals surface area contributed by atoms with Crippen LogP contribution < -0.4 is 0 Å². The van der Waals surface area contributed by atoms with Crippen molar-refractivity contribution in [2.75, 3.05) is 0 Å². The van der Waals surface area contributed by atoms with Crippen LogP contribution in [0.25, 0.3) is 0 Å². The van der Waals surface area contributed by atoms with E-state index in [1.54, 1.807) is 0 Å². The first-order valence-electron chi connectivity index (χ1n) is 3.09. The second-order valence-electron chi connectivity index (χ2n) is 2.33. The van der Waals surface area contributed by atoms with Gasteiger partial charge < -0.3 is 0 Å². The van der Waals surface area contributed by atoms with E-state index in [1.807, 2.05) is 0 Å². The second-order valence-corrected chi connectivity index (χ2v) is 4.19. The molecule has 40 valence electrons. The van der Waals surface area contributed by atoms with Gasteiger partial charge >= 0.3 is 52.5 Å². The third kappa shape index (κ3) is 6.53. The van der Waals surface area contributed by atoms with E-state index in [-0.39, 0.29) is 0 Å². The van der Waals surface area contributed by atoms with Crippen molar-refractivity contribution in [2.24, 2.45) is 5.92 Å². The van der Waals surface area contributed by atoms with Gasteiger partial charge in [-0.05, 0) is 0 Å². The average Bonchev–Trinajstić information content (AvgIpc) is 1.61. The van der Waals surface area contributed by atoms with Crippen molar-refractivity contribution < 1.29 is 0 Å². The summed E-state index contributed by atoms with van der Waals surface area (Å²) in [6.45, 7) is 6.86. The summed E-state index contributed by atoms with van der Waals surface area (Å²) in [5.74, 6) is 0.940. The molecule has 1 heteroatoms. The first kappa shape index (κ1) is 7.53. The van der Waals surface area contributed by atoms with Gasteiger partial charge in [0.05, 0.1) is 0 Å². The van der Waals surface area contributed by atoms with Crippen molar-refractivity contribution in [2.45, 2.75) is 31.3 Å². The summed E-state index contributed by atoms with van der Waals surface area (Å²) in [5, 5.41) is 2.91. The van der Waals surface area contributed by atoms with Crippen molar-refractivity contribution in [1.82, 2.24) is 0 Å². The summed E-state index contributed by atoms with van der Waals surface area (Å²) in [4.78, 5) is 0. The third-order valence-electron chi connectivity index (χ3n) is 0.927. The van der Waals surface area contributed by atoms with E-state index in [2.05, 4.69) is 20.8 Å². The van der Waals surface area contributed by atoms with Gasteiger partial charge in [-0.3, -0.25) is 0 Å². The Kier molecular flexibility index (Phi) is 5.04. The van der Waals surface area contributed by atoms with Gasteiger partial charge in [0.25, 0.3) is 0 Å². The molecule has 0 aliphatic rings. The molecular weight excluding hydrogens is 99.0 g/mol. The molecule has 0 unspecified atom stereocenters. The van der Waals surface area contributed by atoms with Gasteiger partial charge in [-0.2, -0.15) is 0 Å². The van der Waals surface area contributed by atoms with Crippen LogP contribution in [0.2, 0.25) is 10.6 Å². The zero-order chi connectivity index (χ0) is 5.70. The van der Waals surface area contributed by atoms with Crippen LogP contribution in [0.15, 0.2) is 0 Å². The van der Waals surface area contributed by atoms with Crippen LogP contribution in [0.1, 0.15) is 20.8 Å². The Morgan fingerprint density at radius 3 is 2.14 bits per heavy atom. The SMILES string of the molecule is C[CH2][Al+][CH2]C(C)C. The second kappa shape index (κ2) is 4.69. The Morgan fingerprint density at radius 1 is 1.43 bits per heavy atom. The maximum atomic E-state index is 2.29. The van der Waals surface area contributed by atoms with Crippen molar-refractivity contribution in [1.29, 1.82) is 0 Å². The molecule has 0 rings (SSSR count). The molecule has 0 aromatic carbocycles. The molecule has 0 nitrogen and oxygen atoms in total. The van der Waals surface area contributed by atoms with E-state index in [9.17, 15) is 0 Å². The van der Waals surface area contributed by atoms with Crippen molar-refractivity contribution in [3.8, 4) is 0 Å². The number of rotatable bonds is 3. The predicted octanol–water partition coefficient (Wildman–Crippen LogP) is 2.20. The molecule has 0 saturated heterocycles. The van der Waals surface area contributed by atoms with E-state index in [0.29, 0.717) is 0 Å². The summed E-state index contributed by atoms with van der Waals surface area (Å²) in [6.07, 6.45) is 0. The van der Waals surface area contributed by atoms with Gasteiger partial charge in [0, 0.05) is 0 Å². The van der Waals surface area contributed by atoms with Gasteiger partial charge in [0.15, 0.2) is 0 Å². The van der Waals surface area contributed by atoms with Gasteiger partial charge in [-0.25, -0.2) is 0 Å². The summed E-state index contributed by atoms with van der Waals surface area (Å²) in [6, 6.07) is 0. The fourth-order valence-corrected chi connectivity index (χ4v) is 1.50. The number of hydrogen-bond donors (Lipinski definition) is 0. The van der Waals surface area contributed by atoms with Crippen LogP contribution >= 0.6 is 0 Å². The Morgan fingerprint density at radius 2 is 2.00 bits per heavy atom. The predicted molar refractivity (Wildman–Crippen MR) is 35.9 cm³/mol. The fraction of sp³-hybridized carbons (Fsp3) is 1.00. The molecule has 0 aromatic heterocycles. The van der Waals surface area contributed by atoms with Crippen molar-refractivity contribution >= 4 is 15.2 Å². The standard InChI is InChI=1S/C4H9.C2H5.Al/c1-4(2)3;1-2;/h4H,1H2,2-3H3;1H2,2H3;/q;;+1. The average molecular weight is 113 g/mol. The number of hydrogen-bond acceptors (Lipinski definition) is 0. The minimum atomic E-state index is 0.785. The molecule has 0 spiro atoms. The molecule has 0 amide bonds. The van der Waals surface area contributed by atoms with E-state index < -0.39 is 0 Å². The Balaban J connectivity index is 2.68. The third-order valence-corrected chi connectivity index (χ3v) is 2.78. The molecule has 0 atom stereocenters. The molecule has 0 bridgehead atoms. The van der Waals surface area contributed by atoms with Gasteiger partial charge in [0.2, 0.25) is 0 Å². The molecule has 0 aliphatic carbocycles. The molecule has 0 fully saturated rings. The molecular formula is C6H14Al+. The molecule has 0 heterocycles. The zero-order valence-electron chi connectivity index (χ0n) is 5.57. The van der Waals surface area contributed by atoms with Crippen LogP contribution in [0.3, 0.4) is 0 Å². The summed E-state index contributed by atoms with van der Waals surface area (Å²) in [7, 11) is 0. The summed E-state index contributed by atoms with van der Waals surface area (Å²) >= 11 is 0.785. The molecule has 7 heavy (non-hydrogen) atoms. The Bertz CT molecular complexity index is 33.2. The summed E-state index contributed by atoms with van der Waals surface area (Å²) in [5.41, 5.74) is 0. The van der Waals surface area contributed by atoms with Gasteiger partial charge in [-0.1, -0.05) is 0 Å². The minimum absolute atomic E-state index is 0.785. The van der Waals surface area contributed by atoms with E-state index in [4.69, 9.17) is 0 Å². The van der Waals surface area contributed by atoms with E-state index >= 15 is 0 Å². The summed E-state index contributed by atoms with van der Waals surface area (Å²) < 4.78 is 0. The van der Waals surface area contributed by atoms with Crippen molar-refractivity contribution in [3.05, 3.63) is 0 Å². The van der Waals surface area contributed by atoms with E-state index in [0.717, 1.165) is 21.1 Å². The topological polar surface area (TPSA) is 0 Å². The van der Waals surface area contributed by atoms with Crippen molar-refractivity contribution in [3.63, 3.8) is 0 Å². The van der Waals surface area contributed by atoms with Crippen LogP contribution in [0.4, 0.5) is 0 Å². The normalized spacial score (nSPS) is 9.14. The van der Waals surface area contributed by atoms with Gasteiger partial charge in [-0.15, -0.1) is 0 Å². The van der Waals surface area contributed by atoms with Crippen LogP contribution in [-0.4, -0.2) is 15.2 Å².